The summed E-state index contributed by atoms with van der Waals surface area (Å²) < 4.78 is 0. The molecule has 0 spiro atoms. The van der Waals surface area contributed by atoms with Gasteiger partial charge in [-0.3, -0.25) is 4.90 Å². The smallest absolute Gasteiger partial charge is 0.0465 e. The van der Waals surface area contributed by atoms with E-state index in [9.17, 15) is 0 Å². The number of hydrogen-bond donors (Lipinski definition) is 1. The fourth-order valence-corrected chi connectivity index (χ4v) is 2.86. The zero-order valence-corrected chi connectivity index (χ0v) is 11.5. The monoisotopic (exact) mass is 272 g/mol. The van der Waals surface area contributed by atoms with Gasteiger partial charge in [-0.2, -0.15) is 0 Å². The van der Waals surface area contributed by atoms with Gasteiger partial charge >= 0.3 is 0 Å². The predicted octanol–water partition coefficient (Wildman–Crippen LogP) is 3.16. The second kappa shape index (κ2) is 5.57. The molecule has 1 heterocycles. The lowest BCUT2D eigenvalue weighted by molar-refractivity contribution is 0.308. The maximum Gasteiger partial charge on any atom is 0.0465 e. The number of nitrogens with zero attached hydrogens (tertiary/aromatic N) is 1. The van der Waals surface area contributed by atoms with Gasteiger partial charge in [0.1, 0.15) is 0 Å². The first-order chi connectivity index (χ1) is 8.08. The molecule has 2 rings (SSSR count). The number of hydrogen-bond acceptors (Lipinski definition) is 2. The van der Waals surface area contributed by atoms with Gasteiger partial charge in [0.25, 0.3) is 0 Å². The Morgan fingerprint density at radius 1 is 1.41 bits per heavy atom. The third kappa shape index (κ3) is 3.14. The van der Waals surface area contributed by atoms with Crippen molar-refractivity contribution in [3.63, 3.8) is 0 Å². The lowest BCUT2D eigenvalue weighted by Crippen LogP contribution is -2.29. The number of rotatable bonds is 3. The molecule has 0 amide bonds. The topological polar surface area (TPSA) is 29.3 Å². The summed E-state index contributed by atoms with van der Waals surface area (Å²) in [4.78, 5) is 2.38. The lowest BCUT2D eigenvalue weighted by Gasteiger charge is -2.19. The van der Waals surface area contributed by atoms with Crippen LogP contribution in [0.4, 0.5) is 0 Å². The Kier molecular flexibility index (Phi) is 4.31. The second-order valence-corrected chi connectivity index (χ2v) is 5.66. The molecule has 2 atom stereocenters. The van der Waals surface area contributed by atoms with Crippen LogP contribution in [-0.2, 0) is 6.54 Å². The molecular weight excluding hydrogens is 255 g/mol. The van der Waals surface area contributed by atoms with Gasteiger partial charge in [0.05, 0.1) is 0 Å². The van der Waals surface area contributed by atoms with E-state index in [2.05, 4.69) is 11.8 Å². The molecule has 2 unspecified atom stereocenters. The molecule has 94 valence electrons. The van der Waals surface area contributed by atoms with E-state index in [0.717, 1.165) is 35.2 Å². The molecule has 17 heavy (non-hydrogen) atoms. The summed E-state index contributed by atoms with van der Waals surface area (Å²) in [5.41, 5.74) is 6.96. The van der Waals surface area contributed by atoms with Crippen molar-refractivity contribution in [3.8, 4) is 0 Å². The fraction of sp³-hybridized carbons (Fsp3) is 0.538. The molecule has 0 saturated carbocycles. The van der Waals surface area contributed by atoms with Crippen molar-refractivity contribution >= 4 is 23.2 Å². The van der Waals surface area contributed by atoms with Crippen molar-refractivity contribution in [2.24, 2.45) is 11.7 Å². The highest BCUT2D eigenvalue weighted by Crippen LogP contribution is 2.28. The highest BCUT2D eigenvalue weighted by atomic mass is 35.5. The van der Waals surface area contributed by atoms with Crippen LogP contribution in [0, 0.1) is 5.92 Å². The summed E-state index contributed by atoms with van der Waals surface area (Å²) in [7, 11) is 0. The molecular formula is C13H18Cl2N2. The molecule has 4 heteroatoms. The summed E-state index contributed by atoms with van der Waals surface area (Å²) >= 11 is 12.3. The van der Waals surface area contributed by atoms with E-state index in [0.29, 0.717) is 5.92 Å². The summed E-state index contributed by atoms with van der Waals surface area (Å²) in [5, 5.41) is 1.50. The van der Waals surface area contributed by atoms with Gasteiger partial charge in [-0.25, -0.2) is 0 Å². The Hall–Kier alpha value is -0.280. The number of likely N-dealkylation sites (tertiary alicyclic amines) is 1. The molecule has 0 bridgehead atoms. The minimum absolute atomic E-state index is 0.265. The zero-order chi connectivity index (χ0) is 12.4. The molecule has 0 aliphatic carbocycles. The van der Waals surface area contributed by atoms with Crippen LogP contribution >= 0.6 is 23.2 Å². The highest BCUT2D eigenvalue weighted by molar-refractivity contribution is 6.35. The Morgan fingerprint density at radius 2 is 2.06 bits per heavy atom. The molecule has 1 aliphatic heterocycles. The molecule has 2 nitrogen and oxygen atoms in total. The first-order valence-electron chi connectivity index (χ1n) is 5.98. The van der Waals surface area contributed by atoms with Crippen LogP contribution in [0.2, 0.25) is 10.0 Å². The third-order valence-electron chi connectivity index (χ3n) is 3.50. The summed E-state index contributed by atoms with van der Waals surface area (Å²) in [5.74, 6) is 0.594. The molecule has 0 radical (unpaired) electrons. The molecule has 1 aromatic carbocycles. The van der Waals surface area contributed by atoms with Crippen LogP contribution in [0.25, 0.3) is 0 Å². The maximum absolute atomic E-state index is 6.17. The Balaban J connectivity index is 2.03. The summed E-state index contributed by atoms with van der Waals surface area (Å²) in [6.07, 6.45) is 1.17. The van der Waals surface area contributed by atoms with Gasteiger partial charge in [0.15, 0.2) is 0 Å². The van der Waals surface area contributed by atoms with Crippen molar-refractivity contribution in [1.29, 1.82) is 0 Å². The van der Waals surface area contributed by atoms with Crippen LogP contribution in [0.3, 0.4) is 0 Å². The molecule has 2 N–H and O–H groups in total. The van der Waals surface area contributed by atoms with E-state index in [1.807, 2.05) is 18.2 Å². The lowest BCUT2D eigenvalue weighted by atomic mass is 10.0. The predicted molar refractivity (Wildman–Crippen MR) is 73.5 cm³/mol. The zero-order valence-electron chi connectivity index (χ0n) is 10.00. The standard InChI is InChI=1S/C13H18Cl2N2/c1-9(16)10-5-6-17(7-10)8-11-12(14)3-2-4-13(11)15/h2-4,9-10H,5-8,16H2,1H3. The van der Waals surface area contributed by atoms with Gasteiger partial charge in [0.2, 0.25) is 0 Å². The molecule has 1 saturated heterocycles. The van der Waals surface area contributed by atoms with Gasteiger partial charge in [0, 0.05) is 34.7 Å². The van der Waals surface area contributed by atoms with Crippen LogP contribution in [0.5, 0.6) is 0 Å². The van der Waals surface area contributed by atoms with Gasteiger partial charge in [-0.15, -0.1) is 0 Å². The Labute approximate surface area is 113 Å². The molecule has 1 fully saturated rings. The van der Waals surface area contributed by atoms with E-state index in [4.69, 9.17) is 28.9 Å². The number of benzene rings is 1. The average molecular weight is 273 g/mol. The van der Waals surface area contributed by atoms with Crippen molar-refractivity contribution < 1.29 is 0 Å². The first kappa shape index (κ1) is 13.2. The van der Waals surface area contributed by atoms with Gasteiger partial charge in [-0.05, 0) is 37.9 Å². The summed E-state index contributed by atoms with van der Waals surface area (Å²) in [6.45, 7) is 5.02. The van der Waals surface area contributed by atoms with Crippen LogP contribution in [0.1, 0.15) is 18.9 Å². The Morgan fingerprint density at radius 3 is 2.59 bits per heavy atom. The van der Waals surface area contributed by atoms with E-state index < -0.39 is 0 Å². The van der Waals surface area contributed by atoms with Crippen molar-refractivity contribution in [3.05, 3.63) is 33.8 Å². The fourth-order valence-electron chi connectivity index (χ4n) is 2.34. The van der Waals surface area contributed by atoms with Gasteiger partial charge in [-0.1, -0.05) is 29.3 Å². The highest BCUT2D eigenvalue weighted by Gasteiger charge is 2.25. The second-order valence-electron chi connectivity index (χ2n) is 4.84. The van der Waals surface area contributed by atoms with Gasteiger partial charge < -0.3 is 5.73 Å². The number of nitrogens with two attached hydrogens (primary N) is 1. The minimum atomic E-state index is 0.265. The van der Waals surface area contributed by atoms with Crippen molar-refractivity contribution in [2.75, 3.05) is 13.1 Å². The van der Waals surface area contributed by atoms with Crippen molar-refractivity contribution in [2.45, 2.75) is 25.9 Å². The maximum atomic E-state index is 6.17. The van der Waals surface area contributed by atoms with E-state index in [1.165, 1.54) is 6.42 Å². The first-order valence-corrected chi connectivity index (χ1v) is 6.74. The van der Waals surface area contributed by atoms with Crippen molar-refractivity contribution in [1.82, 2.24) is 4.90 Å². The minimum Gasteiger partial charge on any atom is -0.328 e. The SMILES string of the molecule is CC(N)C1CCN(Cc2c(Cl)cccc2Cl)C1. The van der Waals surface area contributed by atoms with E-state index in [1.54, 1.807) is 0 Å². The van der Waals surface area contributed by atoms with Crippen LogP contribution in [-0.4, -0.2) is 24.0 Å². The molecule has 1 aliphatic rings. The molecule has 0 aromatic heterocycles. The van der Waals surface area contributed by atoms with E-state index in [-0.39, 0.29) is 6.04 Å². The largest absolute Gasteiger partial charge is 0.328 e. The normalized spacial score (nSPS) is 22.9. The third-order valence-corrected chi connectivity index (χ3v) is 4.20. The van der Waals surface area contributed by atoms with Crippen LogP contribution < -0.4 is 5.73 Å². The Bertz CT molecular complexity index is 373. The van der Waals surface area contributed by atoms with E-state index >= 15 is 0 Å². The quantitative estimate of drug-likeness (QED) is 0.916. The van der Waals surface area contributed by atoms with Crippen LogP contribution in [0.15, 0.2) is 18.2 Å². The average Bonchev–Trinajstić information content (AvgIpc) is 2.72. The molecule has 1 aromatic rings. The number of halogens is 2. The summed E-state index contributed by atoms with van der Waals surface area (Å²) in [6, 6.07) is 5.92.